The monoisotopic (exact) mass is 311 g/mol. The van der Waals surface area contributed by atoms with Crippen LogP contribution in [0.15, 0.2) is 48.5 Å². The number of amides is 1. The van der Waals surface area contributed by atoms with Crippen LogP contribution in [0.4, 0.5) is 0 Å². The van der Waals surface area contributed by atoms with Crippen molar-refractivity contribution < 1.29 is 14.3 Å². The number of hydrogen-bond acceptors (Lipinski definition) is 3. The summed E-state index contributed by atoms with van der Waals surface area (Å²) < 4.78 is 10.7. The van der Waals surface area contributed by atoms with Crippen molar-refractivity contribution in [1.82, 2.24) is 5.32 Å². The molecular weight excluding hydrogens is 290 g/mol. The number of hydrogen-bond donors (Lipinski definition) is 1. The third kappa shape index (κ3) is 3.65. The van der Waals surface area contributed by atoms with Gasteiger partial charge >= 0.3 is 0 Å². The van der Waals surface area contributed by atoms with Crippen molar-refractivity contribution in [1.29, 1.82) is 0 Å². The summed E-state index contributed by atoms with van der Waals surface area (Å²) in [5.74, 6) is 1.46. The molecule has 0 saturated carbocycles. The van der Waals surface area contributed by atoms with Gasteiger partial charge in [-0.25, -0.2) is 0 Å². The zero-order valence-electron chi connectivity index (χ0n) is 13.2. The molecule has 1 amide bonds. The molecule has 1 heterocycles. The lowest BCUT2D eigenvalue weighted by Gasteiger charge is -2.16. The van der Waals surface area contributed by atoms with Gasteiger partial charge in [0.1, 0.15) is 0 Å². The zero-order valence-corrected chi connectivity index (χ0v) is 13.2. The third-order valence-electron chi connectivity index (χ3n) is 4.00. The molecule has 23 heavy (non-hydrogen) atoms. The summed E-state index contributed by atoms with van der Waals surface area (Å²) in [5.41, 5.74) is 2.07. The summed E-state index contributed by atoms with van der Waals surface area (Å²) in [6.07, 6.45) is 1.81. The molecule has 0 saturated heterocycles. The molecule has 1 atom stereocenters. The highest BCUT2D eigenvalue weighted by Gasteiger charge is 2.19. The Morgan fingerprint density at radius 3 is 2.70 bits per heavy atom. The Labute approximate surface area is 136 Å². The predicted octanol–water partition coefficient (Wildman–Crippen LogP) is 3.62. The van der Waals surface area contributed by atoms with Crippen LogP contribution in [0.1, 0.15) is 36.8 Å². The van der Waals surface area contributed by atoms with Crippen LogP contribution in [0.3, 0.4) is 0 Å². The second-order valence-corrected chi connectivity index (χ2v) is 5.66. The maximum Gasteiger partial charge on any atom is 0.231 e. The second kappa shape index (κ2) is 7.18. The van der Waals surface area contributed by atoms with Gasteiger partial charge in [0.05, 0.1) is 5.92 Å². The Kier molecular flexibility index (Phi) is 4.81. The number of rotatable bonds is 6. The Balaban J connectivity index is 1.65. The van der Waals surface area contributed by atoms with Gasteiger partial charge in [0.2, 0.25) is 12.7 Å². The fourth-order valence-electron chi connectivity index (χ4n) is 2.79. The van der Waals surface area contributed by atoms with E-state index in [4.69, 9.17) is 9.47 Å². The number of carbonyl (C=O) groups is 1. The summed E-state index contributed by atoms with van der Waals surface area (Å²) in [5, 5.41) is 3.04. The highest BCUT2D eigenvalue weighted by Crippen LogP contribution is 2.32. The normalized spacial score (nSPS) is 13.6. The molecule has 0 aromatic heterocycles. The molecule has 1 aliphatic heterocycles. The smallest absolute Gasteiger partial charge is 0.231 e. The van der Waals surface area contributed by atoms with E-state index in [1.807, 2.05) is 48.5 Å². The van der Waals surface area contributed by atoms with Crippen LogP contribution in [0.5, 0.6) is 11.5 Å². The van der Waals surface area contributed by atoms with E-state index in [2.05, 4.69) is 12.2 Å². The van der Waals surface area contributed by atoms with Gasteiger partial charge in [0, 0.05) is 6.54 Å². The summed E-state index contributed by atoms with van der Waals surface area (Å²) >= 11 is 0. The highest BCUT2D eigenvalue weighted by molar-refractivity contribution is 5.83. The molecule has 4 nitrogen and oxygen atoms in total. The van der Waals surface area contributed by atoms with Crippen molar-refractivity contribution >= 4 is 5.91 Å². The predicted molar refractivity (Wildman–Crippen MR) is 88.5 cm³/mol. The van der Waals surface area contributed by atoms with Crippen molar-refractivity contribution in [2.24, 2.45) is 0 Å². The first-order chi connectivity index (χ1) is 11.3. The van der Waals surface area contributed by atoms with Crippen molar-refractivity contribution in [3.63, 3.8) is 0 Å². The molecule has 2 aromatic carbocycles. The lowest BCUT2D eigenvalue weighted by atomic mass is 9.93. The van der Waals surface area contributed by atoms with Gasteiger partial charge in [-0.3, -0.25) is 4.79 Å². The van der Waals surface area contributed by atoms with Gasteiger partial charge in [-0.1, -0.05) is 49.7 Å². The first-order valence-electron chi connectivity index (χ1n) is 7.99. The number of carbonyl (C=O) groups excluding carboxylic acids is 1. The van der Waals surface area contributed by atoms with E-state index in [9.17, 15) is 4.79 Å². The first-order valence-corrected chi connectivity index (χ1v) is 7.99. The maximum atomic E-state index is 12.6. The van der Waals surface area contributed by atoms with Crippen LogP contribution in [0.2, 0.25) is 0 Å². The van der Waals surface area contributed by atoms with Crippen molar-refractivity contribution in [2.75, 3.05) is 6.79 Å². The van der Waals surface area contributed by atoms with E-state index >= 15 is 0 Å². The average Bonchev–Trinajstić information content (AvgIpc) is 3.06. The van der Waals surface area contributed by atoms with E-state index < -0.39 is 0 Å². The zero-order chi connectivity index (χ0) is 16.1. The van der Waals surface area contributed by atoms with E-state index in [0.29, 0.717) is 6.54 Å². The molecule has 0 radical (unpaired) electrons. The summed E-state index contributed by atoms with van der Waals surface area (Å²) in [7, 11) is 0. The van der Waals surface area contributed by atoms with Crippen LogP contribution in [-0.2, 0) is 11.3 Å². The van der Waals surface area contributed by atoms with E-state index in [1.54, 1.807) is 0 Å². The maximum absolute atomic E-state index is 12.6. The Morgan fingerprint density at radius 1 is 1.13 bits per heavy atom. The molecular formula is C19H21NO3. The van der Waals surface area contributed by atoms with E-state index in [-0.39, 0.29) is 18.6 Å². The van der Waals surface area contributed by atoms with Crippen molar-refractivity contribution in [2.45, 2.75) is 32.2 Å². The summed E-state index contributed by atoms with van der Waals surface area (Å²) in [6, 6.07) is 15.7. The lowest BCUT2D eigenvalue weighted by molar-refractivity contribution is -0.122. The molecule has 1 aliphatic rings. The third-order valence-corrected chi connectivity index (χ3v) is 4.00. The van der Waals surface area contributed by atoms with Crippen molar-refractivity contribution in [3.05, 3.63) is 59.7 Å². The minimum absolute atomic E-state index is 0.0655. The van der Waals surface area contributed by atoms with E-state index in [1.165, 1.54) is 0 Å². The van der Waals surface area contributed by atoms with Crippen LogP contribution in [0, 0.1) is 0 Å². The molecule has 0 unspecified atom stereocenters. The average molecular weight is 311 g/mol. The molecule has 0 fully saturated rings. The molecule has 3 rings (SSSR count). The summed E-state index contributed by atoms with van der Waals surface area (Å²) in [4.78, 5) is 12.6. The van der Waals surface area contributed by atoms with Crippen LogP contribution in [0.25, 0.3) is 0 Å². The topological polar surface area (TPSA) is 47.6 Å². The lowest BCUT2D eigenvalue weighted by Crippen LogP contribution is -2.29. The number of nitrogens with one attached hydrogen (secondary N) is 1. The fourth-order valence-corrected chi connectivity index (χ4v) is 2.79. The van der Waals surface area contributed by atoms with Crippen LogP contribution in [-0.4, -0.2) is 12.7 Å². The van der Waals surface area contributed by atoms with Gasteiger partial charge < -0.3 is 14.8 Å². The molecule has 0 spiro atoms. The van der Waals surface area contributed by atoms with Crippen LogP contribution >= 0.6 is 0 Å². The van der Waals surface area contributed by atoms with Gasteiger partial charge in [-0.05, 0) is 29.7 Å². The fraction of sp³-hybridized carbons (Fsp3) is 0.316. The molecule has 120 valence electrons. The SMILES string of the molecule is CCC[C@H](C(=O)NCc1ccc2c(c1)OCO2)c1ccccc1. The van der Waals surface area contributed by atoms with Gasteiger partial charge in [0.15, 0.2) is 11.5 Å². The number of ether oxygens (including phenoxy) is 2. The van der Waals surface area contributed by atoms with Gasteiger partial charge in [0.25, 0.3) is 0 Å². The minimum Gasteiger partial charge on any atom is -0.454 e. The Bertz CT molecular complexity index is 670. The summed E-state index contributed by atoms with van der Waals surface area (Å²) in [6.45, 7) is 2.85. The first kappa shape index (κ1) is 15.4. The quantitative estimate of drug-likeness (QED) is 0.886. The minimum atomic E-state index is -0.102. The van der Waals surface area contributed by atoms with E-state index in [0.717, 1.165) is 35.5 Å². The Hall–Kier alpha value is -2.49. The van der Waals surface area contributed by atoms with Crippen LogP contribution < -0.4 is 14.8 Å². The highest BCUT2D eigenvalue weighted by atomic mass is 16.7. The molecule has 4 heteroatoms. The second-order valence-electron chi connectivity index (χ2n) is 5.66. The molecule has 2 aromatic rings. The standard InChI is InChI=1S/C19H21NO3/c1-2-6-16(15-7-4-3-5-8-15)19(21)20-12-14-9-10-17-18(11-14)23-13-22-17/h3-5,7-11,16H,2,6,12-13H2,1H3,(H,20,21)/t16-/m0/s1. The molecule has 1 N–H and O–H groups in total. The molecule has 0 aliphatic carbocycles. The van der Waals surface area contributed by atoms with Gasteiger partial charge in [-0.15, -0.1) is 0 Å². The number of benzene rings is 2. The Morgan fingerprint density at radius 2 is 1.91 bits per heavy atom. The largest absolute Gasteiger partial charge is 0.454 e. The molecule has 0 bridgehead atoms. The van der Waals surface area contributed by atoms with Gasteiger partial charge in [-0.2, -0.15) is 0 Å². The number of fused-ring (bicyclic) bond motifs is 1. The van der Waals surface area contributed by atoms with Crippen molar-refractivity contribution in [3.8, 4) is 11.5 Å².